The number of nitrogens with one attached hydrogen (secondary N) is 1. The lowest BCUT2D eigenvalue weighted by molar-refractivity contribution is 0.0166. The van der Waals surface area contributed by atoms with Crippen LogP contribution in [0.2, 0.25) is 0 Å². The lowest BCUT2D eigenvalue weighted by Gasteiger charge is -2.33. The minimum absolute atomic E-state index is 0.00643. The molecule has 8 heteroatoms. The maximum atomic E-state index is 12.2. The second kappa shape index (κ2) is 6.97. The Morgan fingerprint density at radius 3 is 2.83 bits per heavy atom. The molecule has 1 aliphatic heterocycles. The summed E-state index contributed by atoms with van der Waals surface area (Å²) in [5, 5.41) is 10.6. The maximum Gasteiger partial charge on any atom is 0.410 e. The minimum Gasteiger partial charge on any atom is -0.444 e. The number of likely N-dealkylation sites (tertiary alicyclic amines) is 1. The van der Waals surface area contributed by atoms with Crippen molar-refractivity contribution in [2.75, 3.05) is 19.6 Å². The molecule has 0 aliphatic carbocycles. The van der Waals surface area contributed by atoms with Gasteiger partial charge in [0.15, 0.2) is 5.69 Å². The van der Waals surface area contributed by atoms with Crippen LogP contribution in [0.25, 0.3) is 0 Å². The van der Waals surface area contributed by atoms with Gasteiger partial charge in [-0.1, -0.05) is 5.21 Å². The highest BCUT2D eigenvalue weighted by Crippen LogP contribution is 2.22. The Bertz CT molecular complexity index is 564. The molecule has 23 heavy (non-hydrogen) atoms. The van der Waals surface area contributed by atoms with Crippen LogP contribution in [0.15, 0.2) is 6.20 Å². The lowest BCUT2D eigenvalue weighted by Crippen LogP contribution is -2.43. The Labute approximate surface area is 136 Å². The van der Waals surface area contributed by atoms with Crippen molar-refractivity contribution in [3.05, 3.63) is 11.9 Å². The number of ether oxygens (including phenoxy) is 1. The van der Waals surface area contributed by atoms with Gasteiger partial charge in [-0.15, -0.1) is 5.10 Å². The molecule has 0 aromatic carbocycles. The van der Waals surface area contributed by atoms with E-state index < -0.39 is 5.60 Å². The minimum atomic E-state index is -0.511. The SMILES string of the molecule is CCNC(=O)c1cn(C2CCCN(C(=O)OC(C)(C)C)C2)nn1. The zero-order valence-corrected chi connectivity index (χ0v) is 14.2. The van der Waals surface area contributed by atoms with Gasteiger partial charge < -0.3 is 15.0 Å². The molecule has 128 valence electrons. The predicted octanol–water partition coefficient (Wildman–Crippen LogP) is 1.60. The molecule has 0 bridgehead atoms. The van der Waals surface area contributed by atoms with Gasteiger partial charge in [0, 0.05) is 19.6 Å². The van der Waals surface area contributed by atoms with E-state index >= 15 is 0 Å². The Morgan fingerprint density at radius 1 is 1.43 bits per heavy atom. The van der Waals surface area contributed by atoms with Gasteiger partial charge >= 0.3 is 6.09 Å². The van der Waals surface area contributed by atoms with Crippen LogP contribution in [0.3, 0.4) is 0 Å². The largest absolute Gasteiger partial charge is 0.444 e. The third-order valence-corrected chi connectivity index (χ3v) is 3.50. The summed E-state index contributed by atoms with van der Waals surface area (Å²) in [4.78, 5) is 25.6. The van der Waals surface area contributed by atoms with E-state index in [4.69, 9.17) is 4.74 Å². The van der Waals surface area contributed by atoms with Crippen molar-refractivity contribution < 1.29 is 14.3 Å². The second-order valence-corrected chi connectivity index (χ2v) is 6.67. The number of carbonyl (C=O) groups excluding carboxylic acids is 2. The molecular formula is C15H25N5O3. The van der Waals surface area contributed by atoms with E-state index in [1.54, 1.807) is 15.8 Å². The molecule has 1 N–H and O–H groups in total. The topological polar surface area (TPSA) is 89.4 Å². The molecule has 2 amide bonds. The van der Waals surface area contributed by atoms with Crippen molar-refractivity contribution in [3.8, 4) is 0 Å². The van der Waals surface area contributed by atoms with Crippen LogP contribution < -0.4 is 5.32 Å². The fourth-order valence-corrected chi connectivity index (χ4v) is 2.47. The second-order valence-electron chi connectivity index (χ2n) is 6.67. The normalized spacial score (nSPS) is 18.6. The first-order valence-corrected chi connectivity index (χ1v) is 7.98. The standard InChI is InChI=1S/C15H25N5O3/c1-5-16-13(21)12-10-20(18-17-12)11-7-6-8-19(9-11)14(22)23-15(2,3)4/h10-11H,5-9H2,1-4H3,(H,16,21). The Morgan fingerprint density at radius 2 is 2.17 bits per heavy atom. The van der Waals surface area contributed by atoms with Crippen LogP contribution in [-0.4, -0.2) is 57.1 Å². The van der Waals surface area contributed by atoms with Crippen LogP contribution in [-0.2, 0) is 4.74 Å². The number of rotatable bonds is 3. The van der Waals surface area contributed by atoms with Crippen LogP contribution >= 0.6 is 0 Å². The summed E-state index contributed by atoms with van der Waals surface area (Å²) < 4.78 is 7.08. The first-order chi connectivity index (χ1) is 10.8. The highest BCUT2D eigenvalue weighted by molar-refractivity contribution is 5.91. The van der Waals surface area contributed by atoms with Crippen LogP contribution in [0, 0.1) is 0 Å². The number of hydrogen-bond donors (Lipinski definition) is 1. The molecule has 8 nitrogen and oxygen atoms in total. The monoisotopic (exact) mass is 323 g/mol. The van der Waals surface area contributed by atoms with Crippen molar-refractivity contribution in [3.63, 3.8) is 0 Å². The van der Waals surface area contributed by atoms with Crippen LogP contribution in [0.5, 0.6) is 0 Å². The molecule has 0 radical (unpaired) electrons. The Kier molecular flexibility index (Phi) is 5.23. The number of amides is 2. The van der Waals surface area contributed by atoms with Gasteiger partial charge in [-0.25, -0.2) is 9.48 Å². The van der Waals surface area contributed by atoms with E-state index in [2.05, 4.69) is 15.6 Å². The molecule has 1 atom stereocenters. The lowest BCUT2D eigenvalue weighted by atomic mass is 10.1. The third-order valence-electron chi connectivity index (χ3n) is 3.50. The smallest absolute Gasteiger partial charge is 0.410 e. The van der Waals surface area contributed by atoms with Crippen molar-refractivity contribution in [2.24, 2.45) is 0 Å². The summed E-state index contributed by atoms with van der Waals surface area (Å²) >= 11 is 0. The zero-order valence-electron chi connectivity index (χ0n) is 14.2. The van der Waals surface area contributed by atoms with E-state index in [0.717, 1.165) is 12.8 Å². The molecule has 1 aromatic rings. The number of nitrogens with zero attached hydrogens (tertiary/aromatic N) is 4. The zero-order chi connectivity index (χ0) is 17.0. The number of hydrogen-bond acceptors (Lipinski definition) is 5. The number of piperidine rings is 1. The Balaban J connectivity index is 2.01. The van der Waals surface area contributed by atoms with E-state index in [1.807, 2.05) is 27.7 Å². The summed E-state index contributed by atoms with van der Waals surface area (Å²) in [6, 6.07) is 0.00643. The third kappa shape index (κ3) is 4.67. The van der Waals surface area contributed by atoms with Gasteiger partial charge in [-0.3, -0.25) is 4.79 Å². The molecule has 1 unspecified atom stereocenters. The molecule has 1 saturated heterocycles. The Hall–Kier alpha value is -2.12. The molecule has 1 aromatic heterocycles. The van der Waals surface area contributed by atoms with Crippen LogP contribution in [0.4, 0.5) is 4.79 Å². The fraction of sp³-hybridized carbons (Fsp3) is 0.733. The van der Waals surface area contributed by atoms with E-state index in [9.17, 15) is 9.59 Å². The average molecular weight is 323 g/mol. The summed E-state index contributed by atoms with van der Waals surface area (Å²) in [7, 11) is 0. The van der Waals surface area contributed by atoms with E-state index in [1.165, 1.54) is 0 Å². The predicted molar refractivity (Wildman–Crippen MR) is 84.1 cm³/mol. The molecule has 1 fully saturated rings. The summed E-state index contributed by atoms with van der Waals surface area (Å²) in [5.74, 6) is -0.237. The van der Waals surface area contributed by atoms with Crippen LogP contribution in [0.1, 0.15) is 57.1 Å². The van der Waals surface area contributed by atoms with Crippen molar-refractivity contribution >= 4 is 12.0 Å². The molecule has 2 heterocycles. The first kappa shape index (κ1) is 17.2. The quantitative estimate of drug-likeness (QED) is 0.912. The van der Waals surface area contributed by atoms with Gasteiger partial charge in [0.1, 0.15) is 5.60 Å². The summed E-state index contributed by atoms with van der Waals surface area (Å²) in [5.41, 5.74) is -0.218. The van der Waals surface area contributed by atoms with E-state index in [-0.39, 0.29) is 18.0 Å². The van der Waals surface area contributed by atoms with E-state index in [0.29, 0.717) is 25.3 Å². The summed E-state index contributed by atoms with van der Waals surface area (Å²) in [6.07, 6.45) is 3.07. The van der Waals surface area contributed by atoms with Gasteiger partial charge in [0.05, 0.1) is 12.2 Å². The molecule has 0 spiro atoms. The van der Waals surface area contributed by atoms with Gasteiger partial charge in [0.25, 0.3) is 5.91 Å². The molecule has 2 rings (SSSR count). The average Bonchev–Trinajstić information content (AvgIpc) is 2.96. The fourth-order valence-electron chi connectivity index (χ4n) is 2.47. The highest BCUT2D eigenvalue weighted by atomic mass is 16.6. The number of carbonyl (C=O) groups is 2. The maximum absolute atomic E-state index is 12.2. The number of aromatic nitrogens is 3. The summed E-state index contributed by atoms with van der Waals surface area (Å²) in [6.45, 7) is 9.12. The molecular weight excluding hydrogens is 298 g/mol. The highest BCUT2D eigenvalue weighted by Gasteiger charge is 2.29. The van der Waals surface area contributed by atoms with Crippen molar-refractivity contribution in [2.45, 2.75) is 52.2 Å². The van der Waals surface area contributed by atoms with Crippen molar-refractivity contribution in [1.29, 1.82) is 0 Å². The first-order valence-electron chi connectivity index (χ1n) is 7.98. The van der Waals surface area contributed by atoms with Gasteiger partial charge in [0.2, 0.25) is 0 Å². The van der Waals surface area contributed by atoms with Gasteiger partial charge in [-0.2, -0.15) is 0 Å². The van der Waals surface area contributed by atoms with Crippen molar-refractivity contribution in [1.82, 2.24) is 25.2 Å². The van der Waals surface area contributed by atoms with Gasteiger partial charge in [-0.05, 0) is 40.5 Å². The molecule has 1 aliphatic rings. The molecule has 0 saturated carbocycles.